The summed E-state index contributed by atoms with van der Waals surface area (Å²) < 4.78 is 35.0. The van der Waals surface area contributed by atoms with Crippen molar-refractivity contribution in [1.29, 1.82) is 0 Å². The topological polar surface area (TPSA) is 72.2 Å². The van der Waals surface area contributed by atoms with Gasteiger partial charge in [-0.1, -0.05) is 12.1 Å². The molecule has 1 unspecified atom stereocenters. The Kier molecular flexibility index (Phi) is 4.40. The lowest BCUT2D eigenvalue weighted by molar-refractivity contribution is 0.526. The van der Waals surface area contributed by atoms with Gasteiger partial charge in [0.05, 0.1) is 5.75 Å². The number of rotatable bonds is 5. The average molecular weight is 246 g/mol. The summed E-state index contributed by atoms with van der Waals surface area (Å²) in [6, 6.07) is 5.58. The number of hydrazine groups is 1. The summed E-state index contributed by atoms with van der Waals surface area (Å²) in [5.41, 5.74) is 3.13. The summed E-state index contributed by atoms with van der Waals surface area (Å²) >= 11 is 0. The van der Waals surface area contributed by atoms with Crippen LogP contribution >= 0.6 is 0 Å². The van der Waals surface area contributed by atoms with Crippen LogP contribution in [-0.4, -0.2) is 20.4 Å². The lowest BCUT2D eigenvalue weighted by Gasteiger charge is -2.15. The first-order chi connectivity index (χ1) is 7.42. The average Bonchev–Trinajstić information content (AvgIpc) is 2.17. The number of nitrogens with two attached hydrogens (primary N) is 1. The van der Waals surface area contributed by atoms with E-state index in [0.29, 0.717) is 12.0 Å². The van der Waals surface area contributed by atoms with Crippen molar-refractivity contribution in [2.75, 3.05) is 12.0 Å². The lowest BCUT2D eigenvalue weighted by Crippen LogP contribution is -2.29. The number of sulfone groups is 1. The van der Waals surface area contributed by atoms with E-state index in [-0.39, 0.29) is 17.6 Å². The van der Waals surface area contributed by atoms with Gasteiger partial charge in [-0.3, -0.25) is 11.3 Å². The van der Waals surface area contributed by atoms with E-state index in [1.165, 1.54) is 12.1 Å². The van der Waals surface area contributed by atoms with Gasteiger partial charge in [0, 0.05) is 12.3 Å². The second-order valence-electron chi connectivity index (χ2n) is 3.69. The van der Waals surface area contributed by atoms with Gasteiger partial charge < -0.3 is 0 Å². The highest BCUT2D eigenvalue weighted by atomic mass is 32.2. The zero-order valence-corrected chi connectivity index (χ0v) is 9.80. The molecule has 0 aliphatic heterocycles. The fraction of sp³-hybridized carbons (Fsp3) is 0.400. The number of benzene rings is 1. The van der Waals surface area contributed by atoms with Crippen LogP contribution in [0.2, 0.25) is 0 Å². The molecule has 0 aliphatic carbocycles. The minimum Gasteiger partial charge on any atom is -0.271 e. The first-order valence-corrected chi connectivity index (χ1v) is 6.88. The molecule has 1 rings (SSSR count). The third kappa shape index (κ3) is 4.26. The van der Waals surface area contributed by atoms with Crippen molar-refractivity contribution < 1.29 is 12.8 Å². The van der Waals surface area contributed by atoms with Gasteiger partial charge in [0.1, 0.15) is 15.7 Å². The number of hydrogen-bond acceptors (Lipinski definition) is 4. The van der Waals surface area contributed by atoms with E-state index in [9.17, 15) is 12.8 Å². The maximum absolute atomic E-state index is 13.0. The molecule has 0 aliphatic rings. The van der Waals surface area contributed by atoms with Crippen molar-refractivity contribution in [2.45, 2.75) is 12.5 Å². The molecule has 3 N–H and O–H groups in total. The van der Waals surface area contributed by atoms with Crippen LogP contribution in [0.4, 0.5) is 4.39 Å². The van der Waals surface area contributed by atoms with E-state index in [2.05, 4.69) is 5.43 Å². The van der Waals surface area contributed by atoms with Crippen LogP contribution in [0.25, 0.3) is 0 Å². The van der Waals surface area contributed by atoms with Crippen molar-refractivity contribution in [2.24, 2.45) is 5.84 Å². The third-order valence-corrected chi connectivity index (χ3v) is 3.21. The normalized spacial score (nSPS) is 13.7. The van der Waals surface area contributed by atoms with E-state index in [4.69, 9.17) is 5.84 Å². The molecule has 0 heterocycles. The predicted octanol–water partition coefficient (Wildman–Crippen LogP) is 0.765. The number of nitrogens with one attached hydrogen (secondary N) is 1. The second-order valence-corrected chi connectivity index (χ2v) is 5.95. The van der Waals surface area contributed by atoms with Gasteiger partial charge in [0.2, 0.25) is 0 Å². The first kappa shape index (κ1) is 13.1. The van der Waals surface area contributed by atoms with Crippen LogP contribution in [0.5, 0.6) is 0 Å². The number of halogens is 1. The van der Waals surface area contributed by atoms with E-state index in [1.807, 2.05) is 0 Å². The molecule has 6 heteroatoms. The molecule has 1 aromatic rings. The molecule has 0 aromatic heterocycles. The van der Waals surface area contributed by atoms with Crippen molar-refractivity contribution in [1.82, 2.24) is 5.43 Å². The van der Waals surface area contributed by atoms with Gasteiger partial charge >= 0.3 is 0 Å². The van der Waals surface area contributed by atoms with Gasteiger partial charge in [-0.2, -0.15) is 0 Å². The summed E-state index contributed by atoms with van der Waals surface area (Å²) in [5.74, 6) is 4.97. The molecule has 90 valence electrons. The summed E-state index contributed by atoms with van der Waals surface area (Å²) in [7, 11) is -3.04. The summed E-state index contributed by atoms with van der Waals surface area (Å²) in [4.78, 5) is 0. The predicted molar refractivity (Wildman–Crippen MR) is 60.8 cm³/mol. The van der Waals surface area contributed by atoms with Crippen LogP contribution in [-0.2, 0) is 9.84 Å². The van der Waals surface area contributed by atoms with Crippen LogP contribution in [0.1, 0.15) is 18.0 Å². The Hall–Kier alpha value is -0.980. The first-order valence-electron chi connectivity index (χ1n) is 4.81. The minimum atomic E-state index is -3.04. The molecular formula is C10H15FN2O2S. The molecule has 0 radical (unpaired) electrons. The molecule has 16 heavy (non-hydrogen) atoms. The van der Waals surface area contributed by atoms with Gasteiger partial charge in [-0.15, -0.1) is 0 Å². The van der Waals surface area contributed by atoms with E-state index in [0.717, 1.165) is 6.26 Å². The Morgan fingerprint density at radius 3 is 2.69 bits per heavy atom. The summed E-state index contributed by atoms with van der Waals surface area (Å²) in [6.45, 7) is 0. The minimum absolute atomic E-state index is 0.0123. The van der Waals surface area contributed by atoms with Crippen molar-refractivity contribution in [3.05, 3.63) is 35.6 Å². The zero-order valence-electron chi connectivity index (χ0n) is 8.98. The smallest absolute Gasteiger partial charge is 0.147 e. The van der Waals surface area contributed by atoms with Crippen LogP contribution in [0.3, 0.4) is 0 Å². The van der Waals surface area contributed by atoms with Gasteiger partial charge in [-0.25, -0.2) is 12.8 Å². The maximum atomic E-state index is 13.0. The van der Waals surface area contributed by atoms with Gasteiger partial charge in [0.25, 0.3) is 0 Å². The standard InChI is InChI=1S/C10H15FN2O2S/c1-16(14,15)6-5-10(13-12)8-3-2-4-9(11)7-8/h2-4,7,10,13H,5-6,12H2,1H3. The van der Waals surface area contributed by atoms with Crippen LogP contribution in [0, 0.1) is 5.82 Å². The third-order valence-electron chi connectivity index (χ3n) is 2.23. The lowest BCUT2D eigenvalue weighted by atomic mass is 10.1. The summed E-state index contributed by atoms with van der Waals surface area (Å²) in [5, 5.41) is 0. The summed E-state index contributed by atoms with van der Waals surface area (Å²) in [6.07, 6.45) is 1.48. The SMILES string of the molecule is CS(=O)(=O)CCC(NN)c1cccc(F)c1. The molecule has 0 saturated heterocycles. The Labute approximate surface area is 94.5 Å². The molecule has 4 nitrogen and oxygen atoms in total. The van der Waals surface area contributed by atoms with Gasteiger partial charge in [0.15, 0.2) is 0 Å². The van der Waals surface area contributed by atoms with E-state index in [1.54, 1.807) is 12.1 Å². The molecular weight excluding hydrogens is 231 g/mol. The fourth-order valence-corrected chi connectivity index (χ4v) is 2.07. The van der Waals surface area contributed by atoms with Crippen molar-refractivity contribution in [3.8, 4) is 0 Å². The Morgan fingerprint density at radius 2 is 2.19 bits per heavy atom. The molecule has 0 amide bonds. The van der Waals surface area contributed by atoms with E-state index >= 15 is 0 Å². The fourth-order valence-electron chi connectivity index (χ4n) is 1.40. The molecule has 1 aromatic carbocycles. The Bertz CT molecular complexity index is 448. The van der Waals surface area contributed by atoms with Crippen molar-refractivity contribution in [3.63, 3.8) is 0 Å². The highest BCUT2D eigenvalue weighted by Gasteiger charge is 2.13. The number of hydrogen-bond donors (Lipinski definition) is 2. The molecule has 0 spiro atoms. The highest BCUT2D eigenvalue weighted by Crippen LogP contribution is 2.17. The Balaban J connectivity index is 2.75. The van der Waals surface area contributed by atoms with Crippen molar-refractivity contribution >= 4 is 9.84 Å². The Morgan fingerprint density at radius 1 is 1.50 bits per heavy atom. The quantitative estimate of drug-likeness (QED) is 0.594. The molecule has 1 atom stereocenters. The van der Waals surface area contributed by atoms with Crippen LogP contribution in [0.15, 0.2) is 24.3 Å². The van der Waals surface area contributed by atoms with E-state index < -0.39 is 9.84 Å². The molecule has 0 bridgehead atoms. The second kappa shape index (κ2) is 5.38. The zero-order chi connectivity index (χ0) is 12.2. The molecule has 0 fully saturated rings. The largest absolute Gasteiger partial charge is 0.271 e. The maximum Gasteiger partial charge on any atom is 0.147 e. The van der Waals surface area contributed by atoms with Crippen LogP contribution < -0.4 is 11.3 Å². The monoisotopic (exact) mass is 246 g/mol. The van der Waals surface area contributed by atoms with Gasteiger partial charge in [-0.05, 0) is 24.1 Å². The highest BCUT2D eigenvalue weighted by molar-refractivity contribution is 7.90. The molecule has 0 saturated carbocycles.